The molecule has 9 aromatic carbocycles. The van der Waals surface area contributed by atoms with Gasteiger partial charge in [0.1, 0.15) is 11.5 Å². The quantitative estimate of drug-likeness (QED) is 0.149. The van der Waals surface area contributed by atoms with Gasteiger partial charge in [0.2, 0.25) is 0 Å². The number of ether oxygens (including phenoxy) is 1. The number of hydrogen-bond acceptors (Lipinski definition) is 2. The maximum absolute atomic E-state index is 6.75. The second-order valence-electron chi connectivity index (χ2n) is 16.5. The first kappa shape index (κ1) is 35.9. The van der Waals surface area contributed by atoms with Crippen LogP contribution in [0.4, 0.5) is 17.1 Å². The minimum atomic E-state index is -2.76. The van der Waals surface area contributed by atoms with Gasteiger partial charge >= 0.3 is 0 Å². The Kier molecular flexibility index (Phi) is 8.54. The molecule has 1 aliphatic carbocycles. The van der Waals surface area contributed by atoms with E-state index in [0.29, 0.717) is 0 Å². The summed E-state index contributed by atoms with van der Waals surface area (Å²) in [5, 5.41) is 5.23. The van der Waals surface area contributed by atoms with Crippen LogP contribution < -0.4 is 30.4 Å². The summed E-state index contributed by atoms with van der Waals surface area (Å²) in [4.78, 5) is 2.40. The molecule has 0 unspecified atom stereocenters. The zero-order valence-electron chi connectivity index (χ0n) is 33.7. The monoisotopic (exact) mass is 785 g/mol. The lowest BCUT2D eigenvalue weighted by atomic mass is 9.82. The van der Waals surface area contributed by atoms with Crippen molar-refractivity contribution >= 4 is 45.9 Å². The molecule has 60 heavy (non-hydrogen) atoms. The Labute approximate surface area is 353 Å². The van der Waals surface area contributed by atoms with Crippen LogP contribution in [0.15, 0.2) is 224 Å². The number of anilines is 3. The van der Waals surface area contributed by atoms with Gasteiger partial charge in [-0.05, 0) is 114 Å². The summed E-state index contributed by atoms with van der Waals surface area (Å²) in [5.41, 5.74) is 13.4. The highest BCUT2D eigenvalue weighted by atomic mass is 28.3. The van der Waals surface area contributed by atoms with Gasteiger partial charge in [-0.1, -0.05) is 190 Å². The molecule has 0 saturated carbocycles. The lowest BCUT2D eigenvalue weighted by molar-refractivity contribution is 0.487. The van der Waals surface area contributed by atoms with Crippen molar-refractivity contribution < 1.29 is 4.74 Å². The van der Waals surface area contributed by atoms with Gasteiger partial charge in [-0.15, -0.1) is 0 Å². The van der Waals surface area contributed by atoms with Crippen LogP contribution in [0.3, 0.4) is 0 Å². The minimum absolute atomic E-state index is 0.108. The van der Waals surface area contributed by atoms with E-state index in [-0.39, 0.29) is 5.41 Å². The summed E-state index contributed by atoms with van der Waals surface area (Å²) >= 11 is 0. The van der Waals surface area contributed by atoms with Crippen LogP contribution >= 0.6 is 0 Å². The molecule has 286 valence electrons. The van der Waals surface area contributed by atoms with Crippen LogP contribution in [0.5, 0.6) is 11.5 Å². The lowest BCUT2D eigenvalue weighted by Gasteiger charge is -2.39. The van der Waals surface area contributed by atoms with Crippen LogP contribution in [-0.4, -0.2) is 8.07 Å². The van der Waals surface area contributed by atoms with Crippen LogP contribution in [0.2, 0.25) is 0 Å². The number of para-hydroxylation sites is 1. The maximum atomic E-state index is 6.75. The molecule has 0 atom stereocenters. The Morgan fingerprint density at radius 2 is 0.850 bits per heavy atom. The lowest BCUT2D eigenvalue weighted by Crippen LogP contribution is -2.76. The van der Waals surface area contributed by atoms with Gasteiger partial charge in [0, 0.05) is 22.5 Å². The summed E-state index contributed by atoms with van der Waals surface area (Å²) in [5.74, 6) is 1.87. The number of hydrogen-bond donors (Lipinski definition) is 0. The van der Waals surface area contributed by atoms with Crippen molar-refractivity contribution in [1.82, 2.24) is 0 Å². The Bertz CT molecular complexity index is 2970. The molecule has 0 N–H and O–H groups in total. The molecule has 0 fully saturated rings. The molecule has 0 spiro atoms. The zero-order chi connectivity index (χ0) is 40.3. The molecule has 0 radical (unpaired) electrons. The van der Waals surface area contributed by atoms with E-state index >= 15 is 0 Å². The van der Waals surface area contributed by atoms with Crippen molar-refractivity contribution in [2.24, 2.45) is 0 Å². The van der Waals surface area contributed by atoms with E-state index in [9.17, 15) is 0 Å². The van der Waals surface area contributed by atoms with Crippen molar-refractivity contribution in [2.75, 3.05) is 4.90 Å². The van der Waals surface area contributed by atoms with Gasteiger partial charge in [0.15, 0.2) is 8.07 Å². The highest BCUT2D eigenvalue weighted by Crippen LogP contribution is 2.50. The molecule has 3 heteroatoms. The van der Waals surface area contributed by atoms with Crippen molar-refractivity contribution in [1.29, 1.82) is 0 Å². The smallest absolute Gasteiger partial charge is 0.188 e. The Morgan fingerprint density at radius 3 is 1.52 bits per heavy atom. The van der Waals surface area contributed by atoms with Crippen molar-refractivity contribution in [3.05, 3.63) is 236 Å². The van der Waals surface area contributed by atoms with E-state index in [1.165, 1.54) is 59.7 Å². The summed E-state index contributed by atoms with van der Waals surface area (Å²) in [6, 6.07) is 82.2. The van der Waals surface area contributed by atoms with Gasteiger partial charge in [0.05, 0.1) is 0 Å². The van der Waals surface area contributed by atoms with Gasteiger partial charge in [-0.2, -0.15) is 0 Å². The Morgan fingerprint density at radius 1 is 0.367 bits per heavy atom. The third kappa shape index (κ3) is 5.69. The van der Waals surface area contributed by atoms with Crippen molar-refractivity contribution in [2.45, 2.75) is 19.3 Å². The van der Waals surface area contributed by atoms with Gasteiger partial charge < -0.3 is 9.64 Å². The van der Waals surface area contributed by atoms with Crippen molar-refractivity contribution in [3.8, 4) is 44.9 Å². The molecular weight excluding hydrogens is 743 g/mol. The molecule has 9 aromatic rings. The predicted octanol–water partition coefficient (Wildman–Crippen LogP) is 12.3. The average Bonchev–Trinajstić information content (AvgIpc) is 3.54. The summed E-state index contributed by atoms with van der Waals surface area (Å²) in [7, 11) is -2.76. The Balaban J connectivity index is 1.03. The summed E-state index contributed by atoms with van der Waals surface area (Å²) in [6.45, 7) is 4.70. The SMILES string of the molecule is CC1(C)c2ccccc2-c2ccc(N(c3ccc(-c4ccccc4)cc3)c3ccc(-c4ccc5c(c4)[Si](c4ccccc4)(c4ccccc4)c4ccccc4O5)cc3)cc21. The molecule has 0 saturated heterocycles. The van der Waals surface area contributed by atoms with Crippen LogP contribution in [-0.2, 0) is 5.41 Å². The summed E-state index contributed by atoms with van der Waals surface area (Å²) in [6.07, 6.45) is 0. The minimum Gasteiger partial charge on any atom is -0.458 e. The van der Waals surface area contributed by atoms with Gasteiger partial charge in [0.25, 0.3) is 0 Å². The molecule has 0 aromatic heterocycles. The standard InChI is InChI=1S/C57H43NOSi/c1-57(2)51-23-13-12-22-49(51)50-36-35-46(39-52(50)57)58(44-31-26-41(27-32-44)40-16-6-3-7-17-40)45-33-28-42(29-34-45)43-30-37-54-56(38-43)60(47-18-8-4-9-19-47,48-20-10-5-11-21-48)55-25-15-14-24-53(55)59-54/h3-39H,1-2H3. The predicted molar refractivity (Wildman–Crippen MR) is 253 cm³/mol. The molecular formula is C57H43NOSi. The van der Waals surface area contributed by atoms with E-state index < -0.39 is 8.07 Å². The first-order chi connectivity index (χ1) is 29.5. The van der Waals surface area contributed by atoms with Crippen LogP contribution in [0.25, 0.3) is 33.4 Å². The third-order valence-electron chi connectivity index (χ3n) is 12.8. The average molecular weight is 786 g/mol. The van der Waals surface area contributed by atoms with E-state index in [2.05, 4.69) is 243 Å². The number of fused-ring (bicyclic) bond motifs is 5. The van der Waals surface area contributed by atoms with E-state index in [4.69, 9.17) is 4.74 Å². The number of benzene rings is 9. The first-order valence-corrected chi connectivity index (χ1v) is 22.8. The fourth-order valence-electron chi connectivity index (χ4n) is 9.90. The molecule has 11 rings (SSSR count). The Hall–Kier alpha value is -7.20. The summed E-state index contributed by atoms with van der Waals surface area (Å²) < 4.78 is 6.75. The van der Waals surface area contributed by atoms with Crippen LogP contribution in [0, 0.1) is 0 Å². The second-order valence-corrected chi connectivity index (χ2v) is 20.2. The highest BCUT2D eigenvalue weighted by Gasteiger charge is 2.48. The molecule has 1 aliphatic heterocycles. The molecule has 2 nitrogen and oxygen atoms in total. The zero-order valence-corrected chi connectivity index (χ0v) is 34.7. The highest BCUT2D eigenvalue weighted by molar-refractivity contribution is 7.20. The largest absolute Gasteiger partial charge is 0.458 e. The maximum Gasteiger partial charge on any atom is 0.188 e. The molecule has 1 heterocycles. The van der Waals surface area contributed by atoms with E-state index in [1.807, 2.05) is 0 Å². The number of rotatable bonds is 7. The fourth-order valence-corrected chi connectivity index (χ4v) is 14.9. The van der Waals surface area contributed by atoms with Crippen LogP contribution in [0.1, 0.15) is 25.0 Å². The molecule has 2 aliphatic rings. The second kappa shape index (κ2) is 14.3. The fraction of sp³-hybridized carbons (Fsp3) is 0.0526. The molecule has 0 amide bonds. The molecule has 0 bridgehead atoms. The van der Waals surface area contributed by atoms with E-state index in [0.717, 1.165) is 34.1 Å². The normalized spacial score (nSPS) is 13.9. The number of nitrogens with zero attached hydrogens (tertiary/aromatic N) is 1. The third-order valence-corrected chi connectivity index (χ3v) is 17.6. The topological polar surface area (TPSA) is 12.5 Å². The van der Waals surface area contributed by atoms with E-state index in [1.54, 1.807) is 0 Å². The first-order valence-electron chi connectivity index (χ1n) is 20.8. The van der Waals surface area contributed by atoms with Gasteiger partial charge in [-0.3, -0.25) is 0 Å². The van der Waals surface area contributed by atoms with Crippen molar-refractivity contribution in [3.63, 3.8) is 0 Å². The van der Waals surface area contributed by atoms with Gasteiger partial charge in [-0.25, -0.2) is 0 Å².